The Bertz CT molecular complexity index is 612. The molecule has 0 unspecified atom stereocenters. The molecule has 0 saturated carbocycles. The van der Waals surface area contributed by atoms with E-state index in [0.29, 0.717) is 11.6 Å². The van der Waals surface area contributed by atoms with Crippen LogP contribution in [-0.2, 0) is 0 Å². The number of carbonyl (C=O) groups is 1. The van der Waals surface area contributed by atoms with Crippen molar-refractivity contribution in [2.45, 2.75) is 33.6 Å². The summed E-state index contributed by atoms with van der Waals surface area (Å²) in [5, 5.41) is 2.96. The third kappa shape index (κ3) is 3.23. The van der Waals surface area contributed by atoms with Crippen LogP contribution in [0.2, 0.25) is 0 Å². The van der Waals surface area contributed by atoms with Gasteiger partial charge in [-0.3, -0.25) is 4.79 Å². The molecule has 1 aromatic carbocycles. The first kappa shape index (κ1) is 14.3. The minimum Gasteiger partial charge on any atom is -0.320 e. The smallest absolute Gasteiger partial charge is 0.274 e. The lowest BCUT2D eigenvalue weighted by atomic mass is 10.0. The summed E-state index contributed by atoms with van der Waals surface area (Å²) in [5.41, 5.74) is 4.34. The lowest BCUT2D eigenvalue weighted by Gasteiger charge is -2.13. The van der Waals surface area contributed by atoms with Gasteiger partial charge in [-0.15, -0.1) is 0 Å². The summed E-state index contributed by atoms with van der Waals surface area (Å²) in [6.07, 6.45) is 0. The Kier molecular flexibility index (Phi) is 4.18. The van der Waals surface area contributed by atoms with Crippen molar-refractivity contribution in [2.75, 3.05) is 5.32 Å². The molecule has 0 atom stereocenters. The van der Waals surface area contributed by atoms with Gasteiger partial charge in [0.25, 0.3) is 5.91 Å². The number of para-hydroxylation sites is 1. The molecule has 104 valence electrons. The van der Waals surface area contributed by atoms with Crippen molar-refractivity contribution in [1.82, 2.24) is 4.98 Å². The third-order valence-corrected chi connectivity index (χ3v) is 3.16. The summed E-state index contributed by atoms with van der Waals surface area (Å²) in [5.74, 6) is 0.198. The van der Waals surface area contributed by atoms with Crippen molar-refractivity contribution in [3.63, 3.8) is 0 Å². The molecule has 1 amide bonds. The number of aryl methyl sites for hydroxylation is 2. The van der Waals surface area contributed by atoms with Crippen LogP contribution in [-0.4, -0.2) is 10.9 Å². The van der Waals surface area contributed by atoms with E-state index < -0.39 is 0 Å². The zero-order chi connectivity index (χ0) is 14.7. The second kappa shape index (κ2) is 5.87. The van der Waals surface area contributed by atoms with Gasteiger partial charge in [0.15, 0.2) is 0 Å². The Morgan fingerprint density at radius 2 is 1.85 bits per heavy atom. The molecule has 0 aliphatic heterocycles. The number of nitrogens with one attached hydrogen (secondary N) is 1. The highest BCUT2D eigenvalue weighted by atomic mass is 16.1. The van der Waals surface area contributed by atoms with Gasteiger partial charge in [-0.25, -0.2) is 4.98 Å². The average Bonchev–Trinajstić information content (AvgIpc) is 2.37. The van der Waals surface area contributed by atoms with E-state index >= 15 is 0 Å². The maximum absolute atomic E-state index is 12.3. The summed E-state index contributed by atoms with van der Waals surface area (Å²) in [6, 6.07) is 11.6. The van der Waals surface area contributed by atoms with Gasteiger partial charge in [-0.1, -0.05) is 32.0 Å². The Balaban J connectivity index is 2.28. The summed E-state index contributed by atoms with van der Waals surface area (Å²) >= 11 is 0. The normalized spacial score (nSPS) is 10.7. The molecule has 1 heterocycles. The molecule has 0 bridgehead atoms. The van der Waals surface area contributed by atoms with E-state index in [9.17, 15) is 4.79 Å². The number of pyridine rings is 1. The maximum Gasteiger partial charge on any atom is 0.274 e. The highest BCUT2D eigenvalue weighted by Gasteiger charge is 2.12. The lowest BCUT2D eigenvalue weighted by molar-refractivity contribution is 0.102. The van der Waals surface area contributed by atoms with E-state index in [0.717, 1.165) is 22.5 Å². The van der Waals surface area contributed by atoms with Gasteiger partial charge in [0, 0.05) is 11.4 Å². The monoisotopic (exact) mass is 268 g/mol. The highest BCUT2D eigenvalue weighted by Crippen LogP contribution is 2.24. The van der Waals surface area contributed by atoms with Crippen molar-refractivity contribution in [3.05, 3.63) is 58.9 Å². The second-order valence-electron chi connectivity index (χ2n) is 5.37. The Labute approximate surface area is 120 Å². The van der Waals surface area contributed by atoms with Crippen LogP contribution in [0.4, 0.5) is 5.69 Å². The number of anilines is 1. The van der Waals surface area contributed by atoms with Gasteiger partial charge < -0.3 is 5.32 Å². The van der Waals surface area contributed by atoms with Crippen molar-refractivity contribution in [3.8, 4) is 0 Å². The number of amides is 1. The molecule has 3 heteroatoms. The summed E-state index contributed by atoms with van der Waals surface area (Å²) < 4.78 is 0. The summed E-state index contributed by atoms with van der Waals surface area (Å²) in [6.45, 7) is 8.08. The number of hydrogen-bond donors (Lipinski definition) is 1. The fourth-order valence-electron chi connectivity index (χ4n) is 2.26. The lowest BCUT2D eigenvalue weighted by Crippen LogP contribution is -2.15. The molecule has 3 nitrogen and oxygen atoms in total. The zero-order valence-corrected chi connectivity index (χ0v) is 12.4. The van der Waals surface area contributed by atoms with Crippen molar-refractivity contribution < 1.29 is 4.79 Å². The van der Waals surface area contributed by atoms with Crippen LogP contribution in [0.5, 0.6) is 0 Å². The Hall–Kier alpha value is -2.16. The second-order valence-corrected chi connectivity index (χ2v) is 5.37. The number of carbonyl (C=O) groups excluding carboxylic acids is 1. The van der Waals surface area contributed by atoms with Crippen LogP contribution >= 0.6 is 0 Å². The van der Waals surface area contributed by atoms with Gasteiger partial charge in [0.05, 0.1) is 0 Å². The van der Waals surface area contributed by atoms with E-state index in [1.165, 1.54) is 0 Å². The molecule has 20 heavy (non-hydrogen) atoms. The number of benzene rings is 1. The van der Waals surface area contributed by atoms with E-state index in [2.05, 4.69) is 24.1 Å². The van der Waals surface area contributed by atoms with E-state index in [-0.39, 0.29) is 5.91 Å². The van der Waals surface area contributed by atoms with E-state index in [4.69, 9.17) is 0 Å². The van der Waals surface area contributed by atoms with E-state index in [1.807, 2.05) is 44.2 Å². The number of nitrogens with zero attached hydrogens (tertiary/aromatic N) is 1. The van der Waals surface area contributed by atoms with Gasteiger partial charge in [-0.05, 0) is 49.1 Å². The van der Waals surface area contributed by atoms with Crippen molar-refractivity contribution >= 4 is 11.6 Å². The molecule has 0 aliphatic carbocycles. The minimum absolute atomic E-state index is 0.162. The molecule has 0 fully saturated rings. The molecule has 0 aliphatic rings. The largest absolute Gasteiger partial charge is 0.320 e. The zero-order valence-electron chi connectivity index (χ0n) is 12.4. The number of hydrogen-bond acceptors (Lipinski definition) is 2. The topological polar surface area (TPSA) is 42.0 Å². The van der Waals surface area contributed by atoms with Crippen LogP contribution in [0.25, 0.3) is 0 Å². The van der Waals surface area contributed by atoms with Gasteiger partial charge >= 0.3 is 0 Å². The predicted octanol–water partition coefficient (Wildman–Crippen LogP) is 4.07. The van der Waals surface area contributed by atoms with Gasteiger partial charge in [0.1, 0.15) is 5.69 Å². The highest BCUT2D eigenvalue weighted by molar-refractivity contribution is 6.03. The standard InChI is InChI=1S/C17H20N2O/c1-11(2)14-7-5-6-8-15(14)19-17(20)16-10-12(3)9-13(4)18-16/h5-11H,1-4H3,(H,19,20). The van der Waals surface area contributed by atoms with Crippen molar-refractivity contribution in [1.29, 1.82) is 0 Å². The van der Waals surface area contributed by atoms with Gasteiger partial charge in [-0.2, -0.15) is 0 Å². The van der Waals surface area contributed by atoms with Crippen LogP contribution in [0.15, 0.2) is 36.4 Å². The van der Waals surface area contributed by atoms with Crippen LogP contribution in [0, 0.1) is 13.8 Å². The molecule has 1 N–H and O–H groups in total. The quantitative estimate of drug-likeness (QED) is 0.911. The van der Waals surface area contributed by atoms with Gasteiger partial charge in [0.2, 0.25) is 0 Å². The molecule has 0 saturated heterocycles. The average molecular weight is 268 g/mol. The number of rotatable bonds is 3. The summed E-state index contributed by atoms with van der Waals surface area (Å²) in [7, 11) is 0. The molecule has 2 rings (SSSR count). The summed E-state index contributed by atoms with van der Waals surface area (Å²) in [4.78, 5) is 16.6. The minimum atomic E-state index is -0.162. The van der Waals surface area contributed by atoms with Crippen LogP contribution < -0.4 is 5.32 Å². The molecule has 1 aromatic heterocycles. The molecular weight excluding hydrogens is 248 g/mol. The fraction of sp³-hybridized carbons (Fsp3) is 0.294. The first-order valence-electron chi connectivity index (χ1n) is 6.83. The van der Waals surface area contributed by atoms with E-state index in [1.54, 1.807) is 6.07 Å². The molecule has 0 radical (unpaired) electrons. The van der Waals surface area contributed by atoms with Crippen LogP contribution in [0.1, 0.15) is 47.1 Å². The third-order valence-electron chi connectivity index (χ3n) is 3.16. The Morgan fingerprint density at radius 3 is 2.50 bits per heavy atom. The number of aromatic nitrogens is 1. The molecule has 2 aromatic rings. The van der Waals surface area contributed by atoms with Crippen molar-refractivity contribution in [2.24, 2.45) is 0 Å². The first-order chi connectivity index (χ1) is 9.47. The fourth-order valence-corrected chi connectivity index (χ4v) is 2.26. The van der Waals surface area contributed by atoms with Crippen LogP contribution in [0.3, 0.4) is 0 Å². The first-order valence-corrected chi connectivity index (χ1v) is 6.83. The predicted molar refractivity (Wildman–Crippen MR) is 82.2 cm³/mol. The maximum atomic E-state index is 12.3. The Morgan fingerprint density at radius 1 is 1.15 bits per heavy atom. The molecule has 0 spiro atoms. The molecular formula is C17H20N2O. The SMILES string of the molecule is Cc1cc(C)nc(C(=O)Nc2ccccc2C(C)C)c1.